The summed E-state index contributed by atoms with van der Waals surface area (Å²) in [4.78, 5) is 17.5. The van der Waals surface area contributed by atoms with Gasteiger partial charge in [0.25, 0.3) is 0 Å². The number of guanidine groups is 1. The molecular weight excluding hydrogens is 431 g/mol. The van der Waals surface area contributed by atoms with E-state index in [2.05, 4.69) is 40.7 Å². The fraction of sp³-hybridized carbons (Fsp3) is 0.556. The van der Waals surface area contributed by atoms with E-state index < -0.39 is 0 Å². The zero-order chi connectivity index (χ0) is 17.9. The number of halogens is 1. The summed E-state index contributed by atoms with van der Waals surface area (Å²) in [6.45, 7) is 5.82. The summed E-state index contributed by atoms with van der Waals surface area (Å²) in [7, 11) is 5.15. The maximum absolute atomic E-state index is 11.7. The molecule has 6 nitrogen and oxygen atoms in total. The van der Waals surface area contributed by atoms with Crippen molar-refractivity contribution in [3.8, 4) is 5.75 Å². The fourth-order valence-electron chi connectivity index (χ4n) is 2.05. The van der Waals surface area contributed by atoms with Gasteiger partial charge in [-0.1, -0.05) is 19.1 Å². The Labute approximate surface area is 168 Å². The molecule has 0 saturated carbocycles. The first-order chi connectivity index (χ1) is 11.5. The fourth-order valence-corrected chi connectivity index (χ4v) is 2.05. The quantitative estimate of drug-likeness (QED) is 0.353. The molecular formula is C18H31IN4O2. The SMILES string of the molecule is CCCNC(=NCC(=O)N(C)C)NCCc1ccc(C)c(OC)c1.I. The van der Waals surface area contributed by atoms with Crippen LogP contribution in [0.1, 0.15) is 24.5 Å². The lowest BCUT2D eigenvalue weighted by molar-refractivity contribution is -0.127. The van der Waals surface area contributed by atoms with Crippen molar-refractivity contribution in [2.24, 2.45) is 4.99 Å². The third-order valence-electron chi connectivity index (χ3n) is 3.59. The Morgan fingerprint density at radius 3 is 2.52 bits per heavy atom. The van der Waals surface area contributed by atoms with Crippen LogP contribution in [-0.2, 0) is 11.2 Å². The molecule has 0 atom stereocenters. The molecule has 0 aliphatic carbocycles. The maximum Gasteiger partial charge on any atom is 0.243 e. The lowest BCUT2D eigenvalue weighted by Gasteiger charge is -2.14. The zero-order valence-corrected chi connectivity index (χ0v) is 18.2. The van der Waals surface area contributed by atoms with Gasteiger partial charge in [0.1, 0.15) is 12.3 Å². The van der Waals surface area contributed by atoms with Crippen molar-refractivity contribution >= 4 is 35.8 Å². The van der Waals surface area contributed by atoms with Crippen molar-refractivity contribution in [1.29, 1.82) is 0 Å². The van der Waals surface area contributed by atoms with Crippen LogP contribution in [0.3, 0.4) is 0 Å². The highest BCUT2D eigenvalue weighted by atomic mass is 127. The van der Waals surface area contributed by atoms with Crippen LogP contribution in [0.25, 0.3) is 0 Å². The molecule has 0 aliphatic heterocycles. The Morgan fingerprint density at radius 1 is 1.24 bits per heavy atom. The number of carbonyl (C=O) groups is 1. The van der Waals surface area contributed by atoms with Crippen molar-refractivity contribution in [1.82, 2.24) is 15.5 Å². The first-order valence-corrected chi connectivity index (χ1v) is 8.33. The van der Waals surface area contributed by atoms with Crippen LogP contribution in [-0.4, -0.2) is 57.6 Å². The summed E-state index contributed by atoms with van der Waals surface area (Å²) < 4.78 is 5.35. The predicted molar refractivity (Wildman–Crippen MR) is 114 cm³/mol. The number of methoxy groups -OCH3 is 1. The van der Waals surface area contributed by atoms with Crippen molar-refractivity contribution in [2.75, 3.05) is 40.8 Å². The molecule has 1 aromatic rings. The average Bonchev–Trinajstić information content (AvgIpc) is 2.57. The van der Waals surface area contributed by atoms with Crippen LogP contribution in [0.4, 0.5) is 0 Å². The number of benzene rings is 1. The van der Waals surface area contributed by atoms with Gasteiger partial charge in [-0.05, 0) is 37.0 Å². The van der Waals surface area contributed by atoms with E-state index in [1.54, 1.807) is 26.1 Å². The van der Waals surface area contributed by atoms with E-state index in [4.69, 9.17) is 4.74 Å². The minimum atomic E-state index is -0.0177. The molecule has 0 heterocycles. The Kier molecular flexibility index (Phi) is 12.0. The number of ether oxygens (including phenoxy) is 1. The van der Waals surface area contributed by atoms with Gasteiger partial charge >= 0.3 is 0 Å². The Morgan fingerprint density at radius 2 is 1.92 bits per heavy atom. The maximum atomic E-state index is 11.7. The van der Waals surface area contributed by atoms with Gasteiger partial charge in [-0.2, -0.15) is 0 Å². The van der Waals surface area contributed by atoms with Crippen molar-refractivity contribution < 1.29 is 9.53 Å². The van der Waals surface area contributed by atoms with Crippen LogP contribution in [0.2, 0.25) is 0 Å². The van der Waals surface area contributed by atoms with Gasteiger partial charge in [-0.3, -0.25) is 4.79 Å². The molecule has 1 rings (SSSR count). The van der Waals surface area contributed by atoms with Gasteiger partial charge < -0.3 is 20.3 Å². The highest BCUT2D eigenvalue weighted by Crippen LogP contribution is 2.18. The molecule has 25 heavy (non-hydrogen) atoms. The monoisotopic (exact) mass is 462 g/mol. The third kappa shape index (κ3) is 8.94. The van der Waals surface area contributed by atoms with Crippen molar-refractivity contribution in [3.63, 3.8) is 0 Å². The summed E-state index contributed by atoms with van der Waals surface area (Å²) >= 11 is 0. The first kappa shape index (κ1) is 23.5. The number of amides is 1. The Hall–Kier alpha value is -1.51. The van der Waals surface area contributed by atoms with E-state index in [1.165, 1.54) is 5.56 Å². The van der Waals surface area contributed by atoms with Gasteiger partial charge in [-0.25, -0.2) is 4.99 Å². The summed E-state index contributed by atoms with van der Waals surface area (Å²) in [5.41, 5.74) is 2.33. The minimum Gasteiger partial charge on any atom is -0.496 e. The molecule has 1 amide bonds. The van der Waals surface area contributed by atoms with Gasteiger partial charge in [0.05, 0.1) is 7.11 Å². The van der Waals surface area contributed by atoms with Gasteiger partial charge in [0.2, 0.25) is 5.91 Å². The number of aryl methyl sites for hydroxylation is 1. The largest absolute Gasteiger partial charge is 0.496 e. The van der Waals surface area contributed by atoms with Gasteiger partial charge in [-0.15, -0.1) is 24.0 Å². The molecule has 0 fully saturated rings. The van der Waals surface area contributed by atoms with E-state index in [0.717, 1.165) is 37.2 Å². The second-order valence-electron chi connectivity index (χ2n) is 5.86. The summed E-state index contributed by atoms with van der Waals surface area (Å²) in [5.74, 6) is 1.56. The molecule has 2 N–H and O–H groups in total. The molecule has 0 aliphatic rings. The van der Waals surface area contributed by atoms with Crippen LogP contribution in [0.15, 0.2) is 23.2 Å². The average molecular weight is 462 g/mol. The minimum absolute atomic E-state index is 0. The number of aliphatic imine (C=N–C) groups is 1. The lowest BCUT2D eigenvalue weighted by atomic mass is 10.1. The molecule has 1 aromatic carbocycles. The van der Waals surface area contributed by atoms with Crippen molar-refractivity contribution in [2.45, 2.75) is 26.7 Å². The van der Waals surface area contributed by atoms with Crippen molar-refractivity contribution in [3.05, 3.63) is 29.3 Å². The third-order valence-corrected chi connectivity index (χ3v) is 3.59. The summed E-state index contributed by atoms with van der Waals surface area (Å²) in [5, 5.41) is 6.50. The van der Waals surface area contributed by atoms with Gasteiger partial charge in [0, 0.05) is 27.2 Å². The number of carbonyl (C=O) groups excluding carboxylic acids is 1. The smallest absolute Gasteiger partial charge is 0.243 e. The van der Waals surface area contributed by atoms with E-state index >= 15 is 0 Å². The highest BCUT2D eigenvalue weighted by molar-refractivity contribution is 14.0. The van der Waals surface area contributed by atoms with E-state index in [-0.39, 0.29) is 36.4 Å². The molecule has 0 saturated heterocycles. The second kappa shape index (κ2) is 12.8. The highest BCUT2D eigenvalue weighted by Gasteiger charge is 2.05. The molecule has 0 spiro atoms. The lowest BCUT2D eigenvalue weighted by Crippen LogP contribution is -2.39. The summed E-state index contributed by atoms with van der Waals surface area (Å²) in [6, 6.07) is 6.22. The van der Waals surface area contributed by atoms with Crippen LogP contribution >= 0.6 is 24.0 Å². The number of nitrogens with one attached hydrogen (secondary N) is 2. The second-order valence-corrected chi connectivity index (χ2v) is 5.86. The molecule has 0 radical (unpaired) electrons. The normalized spacial score (nSPS) is 10.7. The molecule has 0 bridgehead atoms. The number of hydrogen-bond donors (Lipinski definition) is 2. The summed E-state index contributed by atoms with van der Waals surface area (Å²) in [6.07, 6.45) is 1.85. The van der Waals surface area contributed by atoms with Gasteiger partial charge in [0.15, 0.2) is 5.96 Å². The molecule has 0 aromatic heterocycles. The molecule has 7 heteroatoms. The van der Waals surface area contributed by atoms with E-state index in [0.29, 0.717) is 5.96 Å². The standard InChI is InChI=1S/C18H30N4O2.HI/c1-6-10-19-18(21-13-17(23)22(3)4)20-11-9-15-8-7-14(2)16(12-15)24-5;/h7-8,12H,6,9-11,13H2,1-5H3,(H2,19,20,21);1H. The predicted octanol–water partition coefficient (Wildman–Crippen LogP) is 2.20. The van der Waals surface area contributed by atoms with E-state index in [9.17, 15) is 4.79 Å². The number of likely N-dealkylation sites (N-methyl/N-ethyl adjacent to an activating group) is 1. The Balaban J connectivity index is 0.00000576. The number of nitrogens with zero attached hydrogens (tertiary/aromatic N) is 2. The topological polar surface area (TPSA) is 66.0 Å². The molecule has 142 valence electrons. The number of hydrogen-bond acceptors (Lipinski definition) is 3. The first-order valence-electron chi connectivity index (χ1n) is 8.33. The Bertz CT molecular complexity index is 562. The zero-order valence-electron chi connectivity index (χ0n) is 15.9. The van der Waals surface area contributed by atoms with E-state index in [1.807, 2.05) is 6.92 Å². The van der Waals surface area contributed by atoms with Crippen LogP contribution in [0.5, 0.6) is 5.75 Å². The van der Waals surface area contributed by atoms with Crippen LogP contribution in [0, 0.1) is 6.92 Å². The molecule has 0 unspecified atom stereocenters. The number of rotatable bonds is 8. The van der Waals surface area contributed by atoms with Crippen LogP contribution < -0.4 is 15.4 Å².